The maximum atomic E-state index is 13.9. The maximum Gasteiger partial charge on any atom is 0.411 e. The minimum absolute atomic E-state index is 0.165. The van der Waals surface area contributed by atoms with Gasteiger partial charge in [0.05, 0.1) is 12.6 Å². The van der Waals surface area contributed by atoms with Gasteiger partial charge in [-0.05, 0) is 46.5 Å². The average Bonchev–Trinajstić information content (AvgIpc) is 2.82. The van der Waals surface area contributed by atoms with Crippen molar-refractivity contribution in [3.05, 3.63) is 0 Å². The highest BCUT2D eigenvalue weighted by atomic mass is 19.1. The second kappa shape index (κ2) is 5.22. The first-order valence-corrected chi connectivity index (χ1v) is 7.06. The first-order valence-electron chi connectivity index (χ1n) is 7.06. The number of carbonyl (C=O) groups is 2. The third kappa shape index (κ3) is 2.74. The molecule has 114 valence electrons. The number of hydrogen-bond acceptors (Lipinski definition) is 4. The van der Waals surface area contributed by atoms with Crippen LogP contribution >= 0.6 is 0 Å². The van der Waals surface area contributed by atoms with E-state index in [2.05, 4.69) is 0 Å². The highest BCUT2D eigenvalue weighted by molar-refractivity contribution is 5.83. The first kappa shape index (κ1) is 15.1. The fraction of sp³-hybridized carbons (Fsp3) is 0.857. The SMILES string of the molecule is CCOC(=O)[C@H]1C2CC([C@H](F)C2)N1C(=O)OC(C)(C)C. The molecule has 6 heteroatoms. The van der Waals surface area contributed by atoms with Crippen LogP contribution in [0.25, 0.3) is 0 Å². The van der Waals surface area contributed by atoms with E-state index in [4.69, 9.17) is 9.47 Å². The van der Waals surface area contributed by atoms with Crippen molar-refractivity contribution in [3.8, 4) is 0 Å². The zero-order chi connectivity index (χ0) is 15.1. The Hall–Kier alpha value is -1.33. The summed E-state index contributed by atoms with van der Waals surface area (Å²) >= 11 is 0. The highest BCUT2D eigenvalue weighted by Crippen LogP contribution is 2.45. The summed E-state index contributed by atoms with van der Waals surface area (Å²) in [7, 11) is 0. The van der Waals surface area contributed by atoms with Crippen molar-refractivity contribution >= 4 is 12.1 Å². The van der Waals surface area contributed by atoms with E-state index >= 15 is 0 Å². The topological polar surface area (TPSA) is 55.8 Å². The van der Waals surface area contributed by atoms with E-state index in [1.165, 1.54) is 4.90 Å². The molecule has 0 aromatic carbocycles. The molecule has 2 unspecified atom stereocenters. The Morgan fingerprint density at radius 3 is 2.50 bits per heavy atom. The lowest BCUT2D eigenvalue weighted by molar-refractivity contribution is -0.151. The van der Waals surface area contributed by atoms with Crippen LogP contribution in [0, 0.1) is 5.92 Å². The molecule has 1 saturated heterocycles. The van der Waals surface area contributed by atoms with Crippen molar-refractivity contribution < 1.29 is 23.5 Å². The molecule has 20 heavy (non-hydrogen) atoms. The quantitative estimate of drug-likeness (QED) is 0.731. The normalized spacial score (nSPS) is 32.4. The van der Waals surface area contributed by atoms with E-state index in [9.17, 15) is 14.0 Å². The van der Waals surface area contributed by atoms with E-state index in [0.717, 1.165) is 0 Å². The predicted molar refractivity (Wildman–Crippen MR) is 69.9 cm³/mol. The van der Waals surface area contributed by atoms with Crippen molar-refractivity contribution in [2.75, 3.05) is 6.61 Å². The van der Waals surface area contributed by atoms with Gasteiger partial charge in [0, 0.05) is 0 Å². The maximum absolute atomic E-state index is 13.9. The summed E-state index contributed by atoms with van der Waals surface area (Å²) in [5.74, 6) is -0.626. The lowest BCUT2D eigenvalue weighted by atomic mass is 9.98. The van der Waals surface area contributed by atoms with Gasteiger partial charge in [0.2, 0.25) is 0 Å². The number of esters is 1. The fourth-order valence-electron chi connectivity index (χ4n) is 3.08. The van der Waals surface area contributed by atoms with Crippen molar-refractivity contribution in [2.45, 2.75) is 64.4 Å². The van der Waals surface area contributed by atoms with Crippen LogP contribution in [0.3, 0.4) is 0 Å². The van der Waals surface area contributed by atoms with Gasteiger partial charge in [0.1, 0.15) is 17.8 Å². The van der Waals surface area contributed by atoms with Crippen LogP contribution in [-0.4, -0.2) is 47.4 Å². The van der Waals surface area contributed by atoms with E-state index in [1.807, 2.05) is 0 Å². The minimum Gasteiger partial charge on any atom is -0.464 e. The minimum atomic E-state index is -1.09. The number of hydrogen-bond donors (Lipinski definition) is 0. The summed E-state index contributed by atoms with van der Waals surface area (Å²) in [6.45, 7) is 7.18. The van der Waals surface area contributed by atoms with Gasteiger partial charge in [-0.2, -0.15) is 0 Å². The molecule has 0 aromatic rings. The fourth-order valence-corrected chi connectivity index (χ4v) is 3.08. The zero-order valence-corrected chi connectivity index (χ0v) is 12.4. The number of ether oxygens (including phenoxy) is 2. The largest absolute Gasteiger partial charge is 0.464 e. The predicted octanol–water partition coefficient (Wildman–Crippen LogP) is 2.29. The van der Waals surface area contributed by atoms with Crippen LogP contribution in [0.5, 0.6) is 0 Å². The molecular formula is C14H22FNO4. The van der Waals surface area contributed by atoms with Gasteiger partial charge in [-0.1, -0.05) is 0 Å². The van der Waals surface area contributed by atoms with Crippen LogP contribution in [0.15, 0.2) is 0 Å². The number of fused-ring (bicyclic) bond motifs is 2. The van der Waals surface area contributed by atoms with Gasteiger partial charge in [0.15, 0.2) is 0 Å². The molecule has 1 saturated carbocycles. The molecule has 5 nitrogen and oxygen atoms in total. The molecule has 1 heterocycles. The third-order valence-electron chi connectivity index (χ3n) is 3.73. The second-order valence-corrected chi connectivity index (χ2v) is 6.40. The Balaban J connectivity index is 2.18. The van der Waals surface area contributed by atoms with E-state index in [0.29, 0.717) is 12.8 Å². The van der Waals surface area contributed by atoms with Crippen LogP contribution < -0.4 is 0 Å². The van der Waals surface area contributed by atoms with Crippen LogP contribution in [0.4, 0.5) is 9.18 Å². The number of nitrogens with zero attached hydrogens (tertiary/aromatic N) is 1. The molecule has 2 rings (SSSR count). The molecule has 1 aliphatic heterocycles. The van der Waals surface area contributed by atoms with Gasteiger partial charge in [-0.3, -0.25) is 4.90 Å². The van der Waals surface area contributed by atoms with E-state index < -0.39 is 35.9 Å². The lowest BCUT2D eigenvalue weighted by Gasteiger charge is -2.36. The molecule has 0 aromatic heterocycles. The Kier molecular flexibility index (Phi) is 3.93. The standard InChI is InChI=1S/C14H22FNO4/c1-5-19-12(17)11-8-6-9(15)10(7-8)16(11)13(18)20-14(2,3)4/h8-11H,5-7H2,1-4H3/t8?,9-,10?,11-/m1/s1. The van der Waals surface area contributed by atoms with Crippen LogP contribution in [0.2, 0.25) is 0 Å². The molecule has 0 radical (unpaired) electrons. The Morgan fingerprint density at radius 2 is 1.95 bits per heavy atom. The highest BCUT2D eigenvalue weighted by Gasteiger charge is 2.57. The Bertz CT molecular complexity index is 406. The van der Waals surface area contributed by atoms with Crippen LogP contribution in [0.1, 0.15) is 40.5 Å². The molecule has 2 fully saturated rings. The van der Waals surface area contributed by atoms with Crippen molar-refractivity contribution in [1.82, 2.24) is 4.90 Å². The summed E-state index contributed by atoms with van der Waals surface area (Å²) in [4.78, 5) is 25.5. The summed E-state index contributed by atoms with van der Waals surface area (Å²) in [6, 6.07) is -1.27. The second-order valence-electron chi connectivity index (χ2n) is 6.40. The van der Waals surface area contributed by atoms with Gasteiger partial charge in [-0.15, -0.1) is 0 Å². The number of alkyl halides is 1. The number of rotatable bonds is 2. The number of piperidine rings is 1. The number of amides is 1. The van der Waals surface area contributed by atoms with Gasteiger partial charge in [0.25, 0.3) is 0 Å². The first-order chi connectivity index (χ1) is 9.24. The smallest absolute Gasteiger partial charge is 0.411 e. The molecule has 0 N–H and O–H groups in total. The van der Waals surface area contributed by atoms with Crippen LogP contribution in [-0.2, 0) is 14.3 Å². The molecule has 4 atom stereocenters. The summed E-state index contributed by atoms with van der Waals surface area (Å²) in [6.07, 6.45) is -0.902. The molecule has 1 aliphatic carbocycles. The number of carbonyl (C=O) groups excluding carboxylic acids is 2. The average molecular weight is 287 g/mol. The van der Waals surface area contributed by atoms with Crippen molar-refractivity contribution in [2.24, 2.45) is 5.92 Å². The van der Waals surface area contributed by atoms with Crippen molar-refractivity contribution in [1.29, 1.82) is 0 Å². The van der Waals surface area contributed by atoms with Gasteiger partial charge < -0.3 is 9.47 Å². The molecule has 2 bridgehead atoms. The van der Waals surface area contributed by atoms with Crippen molar-refractivity contribution in [3.63, 3.8) is 0 Å². The lowest BCUT2D eigenvalue weighted by Crippen LogP contribution is -2.54. The summed E-state index contributed by atoms with van der Waals surface area (Å²) in [5, 5.41) is 0. The van der Waals surface area contributed by atoms with Gasteiger partial charge >= 0.3 is 12.1 Å². The summed E-state index contributed by atoms with van der Waals surface area (Å²) in [5.41, 5.74) is -0.677. The third-order valence-corrected chi connectivity index (χ3v) is 3.73. The molecule has 2 aliphatic rings. The molecule has 1 amide bonds. The summed E-state index contributed by atoms with van der Waals surface area (Å²) < 4.78 is 24.2. The van der Waals surface area contributed by atoms with E-state index in [1.54, 1.807) is 27.7 Å². The van der Waals surface area contributed by atoms with Gasteiger partial charge in [-0.25, -0.2) is 14.0 Å². The Labute approximate surface area is 118 Å². The number of halogens is 1. The van der Waals surface area contributed by atoms with E-state index in [-0.39, 0.29) is 12.5 Å². The Morgan fingerprint density at radius 1 is 1.30 bits per heavy atom. The number of likely N-dealkylation sites (tertiary alicyclic amines) is 1. The molecular weight excluding hydrogens is 265 g/mol. The zero-order valence-electron chi connectivity index (χ0n) is 12.4. The molecule has 0 spiro atoms. The monoisotopic (exact) mass is 287 g/mol.